The smallest absolute Gasteiger partial charge is 0.251 e. The zero-order valence-electron chi connectivity index (χ0n) is 25.5. The van der Waals surface area contributed by atoms with Gasteiger partial charge in [-0.2, -0.15) is 15.6 Å². The summed E-state index contributed by atoms with van der Waals surface area (Å²) in [6.07, 6.45) is 1.44. The summed E-state index contributed by atoms with van der Waals surface area (Å²) in [7, 11) is -3.77. The molecule has 0 aliphatic carbocycles. The van der Waals surface area contributed by atoms with Crippen LogP contribution in [0.2, 0.25) is 0 Å². The molecule has 3 aromatic carbocycles. The molecule has 3 amide bonds. The number of nitrogens with zero attached hydrogens (tertiary/aromatic N) is 6. The normalized spacial score (nSPS) is 15.4. The van der Waals surface area contributed by atoms with E-state index in [1.165, 1.54) is 23.1 Å². The monoisotopic (exact) mass is 637 g/mol. The van der Waals surface area contributed by atoms with Crippen molar-refractivity contribution in [2.24, 2.45) is 5.92 Å². The molecule has 0 saturated heterocycles. The second kappa shape index (κ2) is 12.8. The highest BCUT2D eigenvalue weighted by atomic mass is 32.2. The molecule has 0 saturated carbocycles. The number of nitriles is 2. The van der Waals surface area contributed by atoms with Crippen molar-refractivity contribution in [2.45, 2.75) is 32.9 Å². The van der Waals surface area contributed by atoms with Gasteiger partial charge in [0.25, 0.3) is 5.91 Å². The Hall–Kier alpha value is -5.53. The summed E-state index contributed by atoms with van der Waals surface area (Å²) in [6, 6.07) is 21.8. The van der Waals surface area contributed by atoms with Crippen LogP contribution in [0.1, 0.15) is 37.1 Å². The number of benzene rings is 3. The summed E-state index contributed by atoms with van der Waals surface area (Å²) in [5, 5.41) is 27.8. The average Bonchev–Trinajstić information content (AvgIpc) is 3.36. The van der Waals surface area contributed by atoms with E-state index in [1.807, 2.05) is 37.3 Å². The van der Waals surface area contributed by atoms with Gasteiger partial charge in [-0.25, -0.2) is 13.1 Å². The molecule has 0 fully saturated rings. The van der Waals surface area contributed by atoms with Gasteiger partial charge in [-0.1, -0.05) is 44.2 Å². The van der Waals surface area contributed by atoms with Crippen LogP contribution in [0.3, 0.4) is 0 Å². The summed E-state index contributed by atoms with van der Waals surface area (Å²) < 4.78 is 26.0. The fraction of sp³-hybridized carbons (Fsp3) is 0.273. The third-order valence-corrected chi connectivity index (χ3v) is 8.67. The maximum absolute atomic E-state index is 14.4. The fourth-order valence-electron chi connectivity index (χ4n) is 5.35. The second-order valence-electron chi connectivity index (χ2n) is 11.2. The summed E-state index contributed by atoms with van der Waals surface area (Å²) in [5.41, 5.74) is 2.68. The third kappa shape index (κ3) is 6.32. The lowest BCUT2D eigenvalue weighted by Crippen LogP contribution is -2.54. The molecular weight excluding hydrogens is 606 g/mol. The predicted octanol–water partition coefficient (Wildman–Crippen LogP) is 3.22. The number of fused-ring (bicyclic) bond motifs is 2. The molecule has 1 aliphatic heterocycles. The van der Waals surface area contributed by atoms with Crippen molar-refractivity contribution in [3.8, 4) is 17.8 Å². The third-order valence-electron chi connectivity index (χ3n) is 7.90. The zero-order chi connectivity index (χ0) is 33.2. The lowest BCUT2D eigenvalue weighted by atomic mass is 10.1. The number of nitrogens with one attached hydrogen (secondary N) is 1. The number of hydrogen-bond acceptors (Lipinski definition) is 8. The predicted molar refractivity (Wildman–Crippen MR) is 172 cm³/mol. The number of amides is 3. The Bertz CT molecular complexity index is 2060. The van der Waals surface area contributed by atoms with Crippen LogP contribution in [0.15, 0.2) is 66.7 Å². The van der Waals surface area contributed by atoms with E-state index in [1.54, 1.807) is 35.9 Å². The molecule has 13 heteroatoms. The molecule has 2 heterocycles. The molecule has 1 N–H and O–H groups in total. The maximum atomic E-state index is 14.4. The van der Waals surface area contributed by atoms with Gasteiger partial charge >= 0.3 is 0 Å². The number of hydrogen-bond donors (Lipinski definition) is 1. The van der Waals surface area contributed by atoms with Gasteiger partial charge in [0.2, 0.25) is 11.8 Å². The highest BCUT2D eigenvalue weighted by Crippen LogP contribution is 2.36. The van der Waals surface area contributed by atoms with Gasteiger partial charge in [0.15, 0.2) is 9.84 Å². The van der Waals surface area contributed by atoms with E-state index in [9.17, 15) is 33.3 Å². The van der Waals surface area contributed by atoms with Crippen LogP contribution in [-0.4, -0.2) is 60.5 Å². The fourth-order valence-corrected chi connectivity index (χ4v) is 5.95. The zero-order valence-corrected chi connectivity index (χ0v) is 26.3. The summed E-state index contributed by atoms with van der Waals surface area (Å²) in [4.78, 5) is 43.5. The van der Waals surface area contributed by atoms with E-state index >= 15 is 0 Å². The van der Waals surface area contributed by atoms with E-state index in [0.717, 1.165) is 11.2 Å². The first-order chi connectivity index (χ1) is 21.9. The summed E-state index contributed by atoms with van der Waals surface area (Å²) in [6.45, 7) is 3.09. The molecule has 0 radical (unpaired) electrons. The minimum Gasteiger partial charge on any atom is -0.342 e. The van der Waals surface area contributed by atoms with Gasteiger partial charge in [0, 0.05) is 17.6 Å². The maximum Gasteiger partial charge on any atom is 0.251 e. The molecule has 1 aromatic heterocycles. The van der Waals surface area contributed by atoms with Gasteiger partial charge in [0.1, 0.15) is 17.9 Å². The SMILES string of the molecule is CC[C@@H](C)C(=O)N[C@H]1CN(C(=O)CS(C)(=O)=O)c2cc(C#N)ccc2N(Cc2nn(-c3ccccc3C#N)c3ccccc23)C1=O. The number of anilines is 2. The number of rotatable bonds is 8. The van der Waals surface area contributed by atoms with Crippen molar-refractivity contribution in [2.75, 3.05) is 28.4 Å². The molecule has 12 nitrogen and oxygen atoms in total. The highest BCUT2D eigenvalue weighted by Gasteiger charge is 2.38. The Morgan fingerprint density at radius 1 is 1.02 bits per heavy atom. The molecule has 0 bridgehead atoms. The molecule has 234 valence electrons. The Balaban J connectivity index is 1.69. The van der Waals surface area contributed by atoms with Crippen LogP contribution in [0.4, 0.5) is 11.4 Å². The first-order valence-corrected chi connectivity index (χ1v) is 16.6. The standard InChI is InChI=1S/C33H31N7O5S/c1-4-21(2)32(42)36-26-19-38(31(41)20-46(3,44)45)30-15-22(16-34)13-14-29(30)39(33(26)43)18-25-24-10-6-8-12-28(24)40(37-25)27-11-7-5-9-23(27)17-35/h5-15,21,26H,4,18-20H2,1-3H3,(H,36,42)/t21-,26+/m1/s1. The van der Waals surface area contributed by atoms with Crippen LogP contribution in [0.25, 0.3) is 16.6 Å². The van der Waals surface area contributed by atoms with Gasteiger partial charge in [-0.3, -0.25) is 14.4 Å². The Labute approximate surface area is 266 Å². The molecule has 2 atom stereocenters. The number of sulfone groups is 1. The average molecular weight is 638 g/mol. The minimum atomic E-state index is -3.77. The first kappa shape index (κ1) is 31.9. The molecule has 46 heavy (non-hydrogen) atoms. The van der Waals surface area contributed by atoms with Crippen molar-refractivity contribution >= 4 is 49.8 Å². The number of carbonyl (C=O) groups is 3. The van der Waals surface area contributed by atoms with Crippen molar-refractivity contribution in [1.82, 2.24) is 15.1 Å². The van der Waals surface area contributed by atoms with Gasteiger partial charge < -0.3 is 15.1 Å². The van der Waals surface area contributed by atoms with Crippen LogP contribution in [0, 0.1) is 28.6 Å². The molecule has 4 aromatic rings. The molecule has 0 unspecified atom stereocenters. The second-order valence-corrected chi connectivity index (χ2v) is 13.3. The van der Waals surface area contributed by atoms with Crippen molar-refractivity contribution in [1.29, 1.82) is 10.5 Å². The summed E-state index contributed by atoms with van der Waals surface area (Å²) >= 11 is 0. The Kier molecular flexibility index (Phi) is 8.89. The Morgan fingerprint density at radius 2 is 1.74 bits per heavy atom. The van der Waals surface area contributed by atoms with Gasteiger partial charge in [-0.05, 0) is 42.8 Å². The van der Waals surface area contributed by atoms with Crippen LogP contribution >= 0.6 is 0 Å². The van der Waals surface area contributed by atoms with Crippen LogP contribution in [-0.2, 0) is 30.8 Å². The van der Waals surface area contributed by atoms with E-state index < -0.39 is 45.3 Å². The topological polar surface area (TPSA) is 169 Å². The van der Waals surface area contributed by atoms with Crippen molar-refractivity contribution in [3.63, 3.8) is 0 Å². The van der Waals surface area contributed by atoms with Crippen LogP contribution in [0.5, 0.6) is 0 Å². The van der Waals surface area contributed by atoms with Gasteiger partial charge in [0.05, 0.1) is 58.6 Å². The Morgan fingerprint density at radius 3 is 2.43 bits per heavy atom. The largest absolute Gasteiger partial charge is 0.342 e. The lowest BCUT2D eigenvalue weighted by molar-refractivity contribution is -0.129. The van der Waals surface area contributed by atoms with E-state index in [4.69, 9.17) is 5.10 Å². The molecular formula is C33H31N7O5S. The van der Waals surface area contributed by atoms with E-state index in [2.05, 4.69) is 11.4 Å². The number of para-hydroxylation sites is 2. The first-order valence-electron chi connectivity index (χ1n) is 14.6. The van der Waals surface area contributed by atoms with Crippen molar-refractivity contribution in [3.05, 3.63) is 83.6 Å². The van der Waals surface area contributed by atoms with Crippen LogP contribution < -0.4 is 15.1 Å². The lowest BCUT2D eigenvalue weighted by Gasteiger charge is -2.25. The quantitative estimate of drug-likeness (QED) is 0.307. The highest BCUT2D eigenvalue weighted by molar-refractivity contribution is 7.91. The van der Waals surface area contributed by atoms with E-state index in [-0.39, 0.29) is 30.0 Å². The minimum absolute atomic E-state index is 0.107. The molecule has 1 aliphatic rings. The number of carbonyl (C=O) groups excluding carboxylic acids is 3. The van der Waals surface area contributed by atoms with Gasteiger partial charge in [-0.15, -0.1) is 0 Å². The summed E-state index contributed by atoms with van der Waals surface area (Å²) in [5.74, 6) is -3.02. The number of aromatic nitrogens is 2. The molecule has 5 rings (SSSR count). The van der Waals surface area contributed by atoms with Crippen molar-refractivity contribution < 1.29 is 22.8 Å². The van der Waals surface area contributed by atoms with E-state index in [0.29, 0.717) is 34.3 Å². The molecule has 0 spiro atoms.